The zero-order valence-electron chi connectivity index (χ0n) is 17.6. The SMILES string of the molecule is COc1cc(/C=C2\SC(=S)N(C[C@@H]3CCCO3)C2=O)cc(Br)c1OCc1ccc(Cl)cc1Cl. The van der Waals surface area contributed by atoms with Gasteiger partial charge in [0.15, 0.2) is 11.5 Å². The molecule has 1 amide bonds. The van der Waals surface area contributed by atoms with Crippen LogP contribution >= 0.6 is 63.1 Å². The van der Waals surface area contributed by atoms with Crippen molar-refractivity contribution in [2.24, 2.45) is 0 Å². The van der Waals surface area contributed by atoms with E-state index in [2.05, 4.69) is 15.9 Å². The number of ether oxygens (including phenoxy) is 3. The van der Waals surface area contributed by atoms with Gasteiger partial charge in [-0.1, -0.05) is 53.2 Å². The van der Waals surface area contributed by atoms with Crippen LogP contribution in [0.1, 0.15) is 24.0 Å². The van der Waals surface area contributed by atoms with Crippen molar-refractivity contribution < 1.29 is 19.0 Å². The van der Waals surface area contributed by atoms with E-state index in [1.807, 2.05) is 24.3 Å². The van der Waals surface area contributed by atoms with Gasteiger partial charge in [-0.05, 0) is 64.7 Å². The van der Waals surface area contributed by atoms with Crippen molar-refractivity contribution in [1.82, 2.24) is 4.90 Å². The largest absolute Gasteiger partial charge is 0.493 e. The van der Waals surface area contributed by atoms with Gasteiger partial charge < -0.3 is 14.2 Å². The number of thioether (sulfide) groups is 1. The van der Waals surface area contributed by atoms with Crippen LogP contribution in [0.15, 0.2) is 39.7 Å². The van der Waals surface area contributed by atoms with E-state index in [-0.39, 0.29) is 18.6 Å². The molecule has 2 heterocycles. The Kier molecular flexibility index (Phi) is 8.25. The zero-order chi connectivity index (χ0) is 23.5. The van der Waals surface area contributed by atoms with Crippen LogP contribution in [0.5, 0.6) is 11.5 Å². The summed E-state index contributed by atoms with van der Waals surface area (Å²) < 4.78 is 18.4. The number of benzene rings is 2. The highest BCUT2D eigenvalue weighted by Gasteiger charge is 2.34. The molecular formula is C23H20BrCl2NO4S2. The molecule has 1 atom stereocenters. The molecule has 2 aliphatic rings. The van der Waals surface area contributed by atoms with Crippen LogP contribution in [0.25, 0.3) is 6.08 Å². The third-order valence-electron chi connectivity index (χ3n) is 5.22. The van der Waals surface area contributed by atoms with Gasteiger partial charge in [0.1, 0.15) is 10.9 Å². The van der Waals surface area contributed by atoms with Gasteiger partial charge in [0.25, 0.3) is 5.91 Å². The lowest BCUT2D eigenvalue weighted by atomic mass is 10.1. The normalized spacial score (nSPS) is 19.6. The lowest BCUT2D eigenvalue weighted by Crippen LogP contribution is -2.35. The topological polar surface area (TPSA) is 48.0 Å². The average Bonchev–Trinajstić information content (AvgIpc) is 3.38. The van der Waals surface area contributed by atoms with Crippen LogP contribution in [0, 0.1) is 0 Å². The summed E-state index contributed by atoms with van der Waals surface area (Å²) in [4.78, 5) is 15.1. The van der Waals surface area contributed by atoms with E-state index in [0.29, 0.717) is 41.8 Å². The second-order valence-corrected chi connectivity index (χ2v) is 10.9. The van der Waals surface area contributed by atoms with Gasteiger partial charge in [-0.15, -0.1) is 0 Å². The first-order chi connectivity index (χ1) is 15.9. The molecule has 0 spiro atoms. The molecule has 0 radical (unpaired) electrons. The molecule has 0 bridgehead atoms. The number of carbonyl (C=O) groups excluding carboxylic acids is 1. The van der Waals surface area contributed by atoms with E-state index < -0.39 is 0 Å². The highest BCUT2D eigenvalue weighted by atomic mass is 79.9. The van der Waals surface area contributed by atoms with Crippen molar-refractivity contribution in [3.8, 4) is 11.5 Å². The number of carbonyl (C=O) groups is 1. The third kappa shape index (κ3) is 5.86. The third-order valence-corrected chi connectivity index (χ3v) is 7.77. The van der Waals surface area contributed by atoms with Gasteiger partial charge in [-0.3, -0.25) is 9.69 Å². The molecule has 0 aromatic heterocycles. The molecule has 0 aliphatic carbocycles. The van der Waals surface area contributed by atoms with Crippen molar-refractivity contribution in [1.29, 1.82) is 0 Å². The Balaban J connectivity index is 1.51. The van der Waals surface area contributed by atoms with Crippen molar-refractivity contribution in [2.45, 2.75) is 25.6 Å². The molecule has 2 aromatic carbocycles. The highest BCUT2D eigenvalue weighted by molar-refractivity contribution is 9.10. The summed E-state index contributed by atoms with van der Waals surface area (Å²) in [6.45, 7) is 1.48. The van der Waals surface area contributed by atoms with Crippen LogP contribution in [0.3, 0.4) is 0 Å². The standard InChI is InChI=1S/C23H20BrCl2NO4S2/c1-29-19-8-13(7-17(24)21(19)31-12-14-4-5-15(25)10-18(14)26)9-20-22(28)27(23(32)33-20)11-16-3-2-6-30-16/h4-5,7-10,16H,2-3,6,11-12H2,1H3/b20-9-/t16-/m0/s1. The van der Waals surface area contributed by atoms with Gasteiger partial charge in [-0.2, -0.15) is 0 Å². The zero-order valence-corrected chi connectivity index (χ0v) is 22.3. The van der Waals surface area contributed by atoms with E-state index in [9.17, 15) is 4.79 Å². The number of nitrogens with zero attached hydrogens (tertiary/aromatic N) is 1. The molecule has 2 fully saturated rings. The van der Waals surface area contributed by atoms with Crippen LogP contribution in [0.4, 0.5) is 0 Å². The molecule has 2 aromatic rings. The van der Waals surface area contributed by atoms with Crippen LogP contribution in [0.2, 0.25) is 10.0 Å². The van der Waals surface area contributed by atoms with Gasteiger partial charge in [-0.25, -0.2) is 0 Å². The van der Waals surface area contributed by atoms with Gasteiger partial charge in [0, 0.05) is 22.2 Å². The quantitative estimate of drug-likeness (QED) is 0.264. The van der Waals surface area contributed by atoms with Crippen LogP contribution < -0.4 is 9.47 Å². The summed E-state index contributed by atoms with van der Waals surface area (Å²) in [5, 5.41) is 1.09. The fraction of sp³-hybridized carbons (Fsp3) is 0.304. The lowest BCUT2D eigenvalue weighted by Gasteiger charge is -2.18. The molecule has 2 aliphatic heterocycles. The van der Waals surface area contributed by atoms with Crippen molar-refractivity contribution in [3.63, 3.8) is 0 Å². The first-order valence-electron chi connectivity index (χ1n) is 10.2. The molecule has 4 rings (SSSR count). The predicted molar refractivity (Wildman–Crippen MR) is 140 cm³/mol. The van der Waals surface area contributed by atoms with Gasteiger partial charge in [0.05, 0.1) is 29.1 Å². The van der Waals surface area contributed by atoms with Crippen molar-refractivity contribution >= 4 is 79.4 Å². The smallest absolute Gasteiger partial charge is 0.266 e. The molecule has 174 valence electrons. The summed E-state index contributed by atoms with van der Waals surface area (Å²) in [7, 11) is 1.56. The maximum Gasteiger partial charge on any atom is 0.266 e. The summed E-state index contributed by atoms with van der Waals surface area (Å²) >= 11 is 22.5. The fourth-order valence-electron chi connectivity index (χ4n) is 3.55. The van der Waals surface area contributed by atoms with Crippen molar-refractivity contribution in [3.05, 3.63) is 60.9 Å². The first-order valence-corrected chi connectivity index (χ1v) is 12.9. The number of hydrogen-bond donors (Lipinski definition) is 0. The highest BCUT2D eigenvalue weighted by Crippen LogP contribution is 2.40. The Hall–Kier alpha value is -1.29. The van der Waals surface area contributed by atoms with E-state index in [4.69, 9.17) is 49.6 Å². The molecule has 0 N–H and O–H groups in total. The number of amides is 1. The van der Waals surface area contributed by atoms with Crippen LogP contribution in [-0.2, 0) is 16.1 Å². The molecule has 0 saturated carbocycles. The second-order valence-electron chi connectivity index (χ2n) is 7.49. The number of halogens is 3. The molecule has 0 unspecified atom stereocenters. The molecule has 5 nitrogen and oxygen atoms in total. The Labute approximate surface area is 220 Å². The first kappa shape index (κ1) is 24.8. The van der Waals surface area contributed by atoms with E-state index >= 15 is 0 Å². The molecular weight excluding hydrogens is 569 g/mol. The maximum atomic E-state index is 12.9. The fourth-order valence-corrected chi connectivity index (χ4v) is 5.86. The second kappa shape index (κ2) is 11.0. The minimum atomic E-state index is -0.103. The van der Waals surface area contributed by atoms with Crippen LogP contribution in [-0.4, -0.2) is 41.5 Å². The summed E-state index contributed by atoms with van der Waals surface area (Å²) in [6, 6.07) is 8.94. The minimum absolute atomic E-state index is 0.0478. The lowest BCUT2D eigenvalue weighted by molar-refractivity contribution is -0.123. The monoisotopic (exact) mass is 587 g/mol. The van der Waals surface area contributed by atoms with Crippen molar-refractivity contribution in [2.75, 3.05) is 20.3 Å². The summed E-state index contributed by atoms with van der Waals surface area (Å²) in [5.41, 5.74) is 1.59. The molecule has 10 heteroatoms. The molecule has 2 saturated heterocycles. The summed E-state index contributed by atoms with van der Waals surface area (Å²) in [5.74, 6) is 0.954. The van der Waals surface area contributed by atoms with Gasteiger partial charge in [0.2, 0.25) is 0 Å². The van der Waals surface area contributed by atoms with Gasteiger partial charge >= 0.3 is 0 Å². The molecule has 33 heavy (non-hydrogen) atoms. The Morgan fingerprint density at radius 2 is 2.15 bits per heavy atom. The number of hydrogen-bond acceptors (Lipinski definition) is 6. The predicted octanol–water partition coefficient (Wildman–Crippen LogP) is 6.72. The number of methoxy groups -OCH3 is 1. The maximum absolute atomic E-state index is 12.9. The number of thiocarbonyl (C=S) groups is 1. The average molecular weight is 589 g/mol. The van der Waals surface area contributed by atoms with E-state index in [0.717, 1.165) is 30.6 Å². The Morgan fingerprint density at radius 1 is 1.33 bits per heavy atom. The summed E-state index contributed by atoms with van der Waals surface area (Å²) in [6.07, 6.45) is 3.82. The van der Waals surface area contributed by atoms with E-state index in [1.165, 1.54) is 11.8 Å². The minimum Gasteiger partial charge on any atom is -0.493 e. The Bertz CT molecular complexity index is 1120. The number of rotatable bonds is 7. The van der Waals surface area contributed by atoms with E-state index in [1.54, 1.807) is 24.1 Å². The Morgan fingerprint density at radius 3 is 2.85 bits per heavy atom.